The van der Waals surface area contributed by atoms with Crippen molar-refractivity contribution >= 4 is 6.02 Å². The summed E-state index contributed by atoms with van der Waals surface area (Å²) < 4.78 is 33.0. The lowest BCUT2D eigenvalue weighted by Crippen LogP contribution is -2.19. The lowest BCUT2D eigenvalue weighted by atomic mass is 10.7. The largest absolute Gasteiger partial charge is 0.469 e. The van der Waals surface area contributed by atoms with Gasteiger partial charge in [0.25, 0.3) is 6.02 Å². The van der Waals surface area contributed by atoms with Crippen LogP contribution in [0, 0.1) is 0 Å². The van der Waals surface area contributed by atoms with Gasteiger partial charge in [0.05, 0.1) is 17.7 Å². The molecular formula is C4H8N2O. The average molecular weight is 104 g/mol. The minimum absolute atomic E-state index is 0.157. The Labute approximate surface area is 48.1 Å². The summed E-state index contributed by atoms with van der Waals surface area (Å²) in [6.45, 7) is -3.37. The van der Waals surface area contributed by atoms with Gasteiger partial charge in [0, 0.05) is 6.52 Å². The SMILES string of the molecule is [2H]C1N([2H])C(OC)=NC1([2H])[2H]. The topological polar surface area (TPSA) is 33.6 Å². The third-order valence-electron chi connectivity index (χ3n) is 0.575. The van der Waals surface area contributed by atoms with Crippen LogP contribution in [0.5, 0.6) is 0 Å². The van der Waals surface area contributed by atoms with Gasteiger partial charge < -0.3 is 10.0 Å². The van der Waals surface area contributed by atoms with Crippen molar-refractivity contribution in [3.05, 3.63) is 0 Å². The first-order valence-electron chi connectivity index (χ1n) is 3.85. The van der Waals surface area contributed by atoms with E-state index in [2.05, 4.69) is 9.73 Å². The first-order chi connectivity index (χ1) is 4.99. The summed E-state index contributed by atoms with van der Waals surface area (Å²) in [6.07, 6.45) is 0. The molecule has 40 valence electrons. The summed E-state index contributed by atoms with van der Waals surface area (Å²) in [7, 11) is 1.29. The van der Waals surface area contributed by atoms with Gasteiger partial charge in [-0.05, 0) is 0 Å². The number of amidine groups is 1. The highest BCUT2D eigenvalue weighted by Crippen LogP contribution is 1.82. The third kappa shape index (κ3) is 0.824. The predicted molar refractivity (Wildman–Crippen MR) is 27.3 cm³/mol. The fraction of sp³-hybridized carbons (Fsp3) is 0.750. The minimum atomic E-state index is -2.03. The van der Waals surface area contributed by atoms with E-state index in [9.17, 15) is 0 Å². The van der Waals surface area contributed by atoms with Crippen molar-refractivity contribution in [2.24, 2.45) is 4.99 Å². The molecule has 0 aliphatic carbocycles. The van der Waals surface area contributed by atoms with E-state index < -0.39 is 13.0 Å². The Bertz CT molecular complexity index is 195. The third-order valence-corrected chi connectivity index (χ3v) is 0.575. The number of methoxy groups -OCH3 is 1. The number of hydrogen-bond donors (Lipinski definition) is 1. The molecular weight excluding hydrogens is 92.1 g/mol. The van der Waals surface area contributed by atoms with Crippen LogP contribution in [0.2, 0.25) is 1.41 Å². The number of aliphatic imine (C=N–C) groups is 1. The van der Waals surface area contributed by atoms with Crippen molar-refractivity contribution in [2.75, 3.05) is 20.1 Å². The van der Waals surface area contributed by atoms with Crippen molar-refractivity contribution in [3.8, 4) is 0 Å². The Morgan fingerprint density at radius 3 is 3.43 bits per heavy atom. The summed E-state index contributed by atoms with van der Waals surface area (Å²) in [5.74, 6) is 0. The summed E-state index contributed by atoms with van der Waals surface area (Å²) in [5.41, 5.74) is 0. The molecule has 1 atom stereocenters. The van der Waals surface area contributed by atoms with Gasteiger partial charge in [0.15, 0.2) is 1.41 Å². The molecule has 0 saturated carbocycles. The Morgan fingerprint density at radius 2 is 3.14 bits per heavy atom. The molecule has 0 amide bonds. The van der Waals surface area contributed by atoms with E-state index in [-0.39, 0.29) is 6.02 Å². The van der Waals surface area contributed by atoms with Crippen LogP contribution in [0.15, 0.2) is 4.99 Å². The molecule has 1 N–H and O–H groups in total. The van der Waals surface area contributed by atoms with Crippen molar-refractivity contribution in [3.63, 3.8) is 0 Å². The second kappa shape index (κ2) is 1.82. The van der Waals surface area contributed by atoms with Crippen LogP contribution in [-0.2, 0) is 4.74 Å². The number of nitrogens with zero attached hydrogens (tertiary/aromatic N) is 1. The molecule has 0 saturated heterocycles. The van der Waals surface area contributed by atoms with Crippen LogP contribution in [-0.4, -0.2) is 26.1 Å². The number of nitrogens with one attached hydrogen (secondary N) is 1. The van der Waals surface area contributed by atoms with Crippen LogP contribution in [0.3, 0.4) is 0 Å². The van der Waals surface area contributed by atoms with Crippen molar-refractivity contribution in [1.29, 1.82) is 0 Å². The van der Waals surface area contributed by atoms with Gasteiger partial charge in [-0.2, -0.15) is 0 Å². The summed E-state index contributed by atoms with van der Waals surface area (Å²) in [6, 6.07) is -0.157. The normalized spacial score (nSPS) is 45.6. The van der Waals surface area contributed by atoms with Crippen molar-refractivity contribution < 1.29 is 10.3 Å². The smallest absolute Gasteiger partial charge is 0.284 e. The Balaban J connectivity index is 2.85. The molecule has 1 aliphatic rings. The summed E-state index contributed by atoms with van der Waals surface area (Å²) >= 11 is 0. The van der Waals surface area contributed by atoms with E-state index in [1.54, 1.807) is 0 Å². The molecule has 0 aromatic rings. The number of hydrogen-bond acceptors (Lipinski definition) is 3. The molecule has 1 rings (SSSR count). The Kier molecular flexibility index (Phi) is 0.429. The van der Waals surface area contributed by atoms with Crippen LogP contribution in [0.4, 0.5) is 0 Å². The van der Waals surface area contributed by atoms with E-state index in [1.807, 2.05) is 0 Å². The fourth-order valence-electron chi connectivity index (χ4n) is 0.295. The first-order valence-corrected chi connectivity index (χ1v) is 1.83. The highest BCUT2D eigenvalue weighted by Gasteiger charge is 2.00. The van der Waals surface area contributed by atoms with Crippen molar-refractivity contribution in [1.82, 2.24) is 5.31 Å². The maximum atomic E-state index is 7.14. The molecule has 3 heteroatoms. The molecule has 3 nitrogen and oxygen atoms in total. The molecule has 7 heavy (non-hydrogen) atoms. The van der Waals surface area contributed by atoms with Crippen LogP contribution in [0.1, 0.15) is 4.11 Å². The maximum Gasteiger partial charge on any atom is 0.284 e. The van der Waals surface area contributed by atoms with E-state index >= 15 is 0 Å². The zero-order chi connectivity index (χ0) is 8.65. The second-order valence-corrected chi connectivity index (χ2v) is 0.986. The van der Waals surface area contributed by atoms with E-state index in [4.69, 9.17) is 5.52 Å². The maximum absolute atomic E-state index is 7.14. The molecule has 0 aromatic heterocycles. The molecule has 0 bridgehead atoms. The number of ether oxygens (including phenoxy) is 1. The van der Waals surface area contributed by atoms with E-state index in [0.717, 1.165) is 0 Å². The minimum Gasteiger partial charge on any atom is -0.469 e. The molecule has 0 fully saturated rings. The monoisotopic (exact) mass is 104 g/mol. The highest BCUT2D eigenvalue weighted by molar-refractivity contribution is 5.74. The molecule has 1 unspecified atom stereocenters. The second-order valence-electron chi connectivity index (χ2n) is 0.986. The standard InChI is InChI=1S/C4H8N2O/c1-7-4-5-2-3-6-4/h2-3H2,1H3,(H,5,6)/i2D,3D2/hD. The van der Waals surface area contributed by atoms with E-state index in [1.165, 1.54) is 7.11 Å². The van der Waals surface area contributed by atoms with Gasteiger partial charge in [0.2, 0.25) is 0 Å². The molecule has 0 aromatic carbocycles. The van der Waals surface area contributed by atoms with Gasteiger partial charge in [-0.3, -0.25) is 0 Å². The molecule has 0 spiro atoms. The van der Waals surface area contributed by atoms with Crippen LogP contribution in [0.25, 0.3) is 0 Å². The van der Waals surface area contributed by atoms with Crippen LogP contribution < -0.4 is 5.31 Å². The van der Waals surface area contributed by atoms with Crippen molar-refractivity contribution in [2.45, 2.75) is 0 Å². The zero-order valence-corrected chi connectivity index (χ0v) is 3.88. The fourth-order valence-corrected chi connectivity index (χ4v) is 0.295. The van der Waals surface area contributed by atoms with Gasteiger partial charge in [-0.1, -0.05) is 0 Å². The molecule has 0 radical (unpaired) electrons. The lowest BCUT2D eigenvalue weighted by molar-refractivity contribution is 0.388. The van der Waals surface area contributed by atoms with Gasteiger partial charge in [-0.25, -0.2) is 4.99 Å². The Morgan fingerprint density at radius 1 is 2.29 bits per heavy atom. The number of rotatable bonds is 0. The summed E-state index contributed by atoms with van der Waals surface area (Å²) in [5, 5.41) is 0.597. The van der Waals surface area contributed by atoms with Gasteiger partial charge >= 0.3 is 0 Å². The lowest BCUT2D eigenvalue weighted by Gasteiger charge is -1.94. The zero-order valence-electron chi connectivity index (χ0n) is 7.88. The van der Waals surface area contributed by atoms with Crippen LogP contribution >= 0.6 is 0 Å². The summed E-state index contributed by atoms with van der Waals surface area (Å²) in [4.78, 5) is 3.38. The Hall–Kier alpha value is -0.730. The van der Waals surface area contributed by atoms with E-state index in [0.29, 0.717) is 5.31 Å². The van der Waals surface area contributed by atoms with Gasteiger partial charge in [-0.15, -0.1) is 0 Å². The molecule has 1 aliphatic heterocycles. The quantitative estimate of drug-likeness (QED) is 0.453. The van der Waals surface area contributed by atoms with Gasteiger partial charge in [0.1, 0.15) is 0 Å². The molecule has 1 heterocycles. The first kappa shape index (κ1) is 1.65. The average Bonchev–Trinajstić information content (AvgIpc) is 2.13. The highest BCUT2D eigenvalue weighted by atomic mass is 16.5. The predicted octanol–water partition coefficient (Wildman–Crippen LogP) is -0.408.